The lowest BCUT2D eigenvalue weighted by Gasteiger charge is -2.24. The molecule has 11 heteroatoms. The minimum atomic E-state index is -4.55. The number of pyridine rings is 3. The highest BCUT2D eigenvalue weighted by Gasteiger charge is 2.32. The van der Waals surface area contributed by atoms with E-state index in [1.54, 1.807) is 42.6 Å². The van der Waals surface area contributed by atoms with Crippen LogP contribution in [-0.2, 0) is 21.9 Å². The van der Waals surface area contributed by atoms with Gasteiger partial charge in [-0.05, 0) is 90.3 Å². The predicted octanol–water partition coefficient (Wildman–Crippen LogP) is 7.92. The Morgan fingerprint density at radius 2 is 1.75 bits per heavy atom. The molecule has 4 aromatic rings. The summed E-state index contributed by atoms with van der Waals surface area (Å²) in [6.07, 6.45) is 7.07. The fraction of sp³-hybridized carbons (Fsp3) is 0.405. The Morgan fingerprint density at radius 3 is 2.44 bits per heavy atom. The molecule has 3 heterocycles. The molecule has 1 aliphatic rings. The first-order valence-electron chi connectivity index (χ1n) is 16.3. The van der Waals surface area contributed by atoms with E-state index in [4.69, 9.17) is 0 Å². The van der Waals surface area contributed by atoms with Crippen LogP contribution in [0.3, 0.4) is 0 Å². The van der Waals surface area contributed by atoms with Gasteiger partial charge in [-0.1, -0.05) is 71.0 Å². The second-order valence-corrected chi connectivity index (χ2v) is 16.1. The molecule has 0 aliphatic heterocycles. The van der Waals surface area contributed by atoms with Gasteiger partial charge in [-0.15, -0.1) is 0 Å². The molecule has 1 amide bonds. The maximum absolute atomic E-state index is 14.7. The van der Waals surface area contributed by atoms with Gasteiger partial charge in [-0.2, -0.15) is 22.2 Å². The Kier molecular flexibility index (Phi) is 10.3. The lowest BCUT2D eigenvalue weighted by Crippen LogP contribution is -2.32. The van der Waals surface area contributed by atoms with Crippen molar-refractivity contribution in [1.82, 2.24) is 19.7 Å². The summed E-state index contributed by atoms with van der Waals surface area (Å²) in [5, 5.41) is 2.96. The van der Waals surface area contributed by atoms with Crippen LogP contribution in [0.15, 0.2) is 78.0 Å². The third-order valence-corrected chi connectivity index (χ3v) is 10.2. The fourth-order valence-corrected chi connectivity index (χ4v) is 7.23. The van der Waals surface area contributed by atoms with E-state index in [2.05, 4.69) is 61.0 Å². The molecule has 0 radical (unpaired) electrons. The molecule has 3 aromatic heterocycles. The molecule has 8 nitrogen and oxygen atoms in total. The summed E-state index contributed by atoms with van der Waals surface area (Å²) >= 11 is 0. The molecule has 254 valence electrons. The number of anilines is 1. The van der Waals surface area contributed by atoms with Crippen molar-refractivity contribution < 1.29 is 22.0 Å². The van der Waals surface area contributed by atoms with E-state index in [0.717, 1.165) is 36.6 Å². The topological polar surface area (TPSA) is 114 Å². The number of hydrogen-bond acceptors (Lipinski definition) is 7. The average molecular weight is 676 g/mol. The Morgan fingerprint density at radius 1 is 1.00 bits per heavy atom. The van der Waals surface area contributed by atoms with Crippen LogP contribution in [0.1, 0.15) is 106 Å². The minimum absolute atomic E-state index is 0.0371. The average Bonchev–Trinajstić information content (AvgIpc) is 3.38. The maximum atomic E-state index is 14.7. The van der Waals surface area contributed by atoms with Crippen LogP contribution in [0.25, 0.3) is 0 Å². The van der Waals surface area contributed by atoms with Crippen LogP contribution < -0.4 is 10.0 Å². The van der Waals surface area contributed by atoms with Crippen molar-refractivity contribution in [2.45, 2.75) is 89.6 Å². The summed E-state index contributed by atoms with van der Waals surface area (Å²) in [6.45, 7) is 11.0. The first-order valence-corrected chi connectivity index (χ1v) is 17.7. The Balaban J connectivity index is 1.36. The number of amides is 1. The number of hydrogen-bond donors (Lipinski definition) is 2. The molecule has 1 saturated carbocycles. The summed E-state index contributed by atoms with van der Waals surface area (Å²) in [7, 11) is -4.55. The van der Waals surface area contributed by atoms with E-state index < -0.39 is 38.4 Å². The smallest absolute Gasteiger partial charge is 0.281 e. The van der Waals surface area contributed by atoms with Gasteiger partial charge in [0.1, 0.15) is 5.82 Å². The van der Waals surface area contributed by atoms with Crippen molar-refractivity contribution in [2.75, 3.05) is 5.32 Å². The van der Waals surface area contributed by atoms with Crippen LogP contribution in [0.2, 0.25) is 0 Å². The molecule has 1 fully saturated rings. The van der Waals surface area contributed by atoms with Crippen molar-refractivity contribution in [2.24, 2.45) is 11.3 Å². The number of carbonyl (C=O) groups is 1. The van der Waals surface area contributed by atoms with E-state index in [9.17, 15) is 22.0 Å². The van der Waals surface area contributed by atoms with Crippen molar-refractivity contribution in [3.63, 3.8) is 0 Å². The van der Waals surface area contributed by atoms with Gasteiger partial charge in [0.25, 0.3) is 15.9 Å². The molecular weight excluding hydrogens is 633 g/mol. The summed E-state index contributed by atoms with van der Waals surface area (Å²) in [5.41, 5.74) is 2.15. The van der Waals surface area contributed by atoms with Gasteiger partial charge in [0.15, 0.2) is 5.03 Å². The Labute approximate surface area is 281 Å². The molecule has 2 N–H and O–H groups in total. The van der Waals surface area contributed by atoms with Crippen molar-refractivity contribution in [3.8, 4) is 0 Å². The summed E-state index contributed by atoms with van der Waals surface area (Å²) < 4.78 is 57.7. The normalized spacial score (nSPS) is 16.8. The zero-order valence-corrected chi connectivity index (χ0v) is 28.9. The van der Waals surface area contributed by atoms with Crippen molar-refractivity contribution >= 4 is 21.7 Å². The monoisotopic (exact) mass is 675 g/mol. The van der Waals surface area contributed by atoms with Crippen LogP contribution in [-0.4, -0.2) is 29.3 Å². The first-order chi connectivity index (χ1) is 22.6. The van der Waals surface area contributed by atoms with Gasteiger partial charge in [-0.25, -0.2) is 9.71 Å². The van der Waals surface area contributed by atoms with Crippen molar-refractivity contribution in [3.05, 3.63) is 113 Å². The van der Waals surface area contributed by atoms with Crippen LogP contribution in [0.4, 0.5) is 14.6 Å². The third-order valence-electron chi connectivity index (χ3n) is 8.97. The number of nitrogens with one attached hydrogen (secondary N) is 2. The number of carbonyl (C=O) groups excluding carboxylic acids is 1. The van der Waals surface area contributed by atoms with Crippen LogP contribution in [0, 0.1) is 23.2 Å². The van der Waals surface area contributed by atoms with Gasteiger partial charge >= 0.3 is 0 Å². The number of halogens is 2. The maximum Gasteiger partial charge on any atom is 0.281 e. The lowest BCUT2D eigenvalue weighted by molar-refractivity contribution is 0.0976. The van der Waals surface area contributed by atoms with E-state index in [-0.39, 0.29) is 29.3 Å². The summed E-state index contributed by atoms with van der Waals surface area (Å²) in [6, 6.07) is 18.0. The summed E-state index contributed by atoms with van der Waals surface area (Å²) in [5.74, 6) is -2.91. The number of nitrogens with zero attached hydrogens (tertiary/aromatic N) is 3. The molecule has 0 spiro atoms. The van der Waals surface area contributed by atoms with E-state index >= 15 is 0 Å². The number of sulfonamides is 1. The molecule has 0 bridgehead atoms. The predicted molar refractivity (Wildman–Crippen MR) is 182 cm³/mol. The zero-order chi connectivity index (χ0) is 34.7. The highest BCUT2D eigenvalue weighted by Crippen LogP contribution is 2.43. The Hall–Kier alpha value is -4.25. The fourth-order valence-electron chi connectivity index (χ4n) is 6.29. The van der Waals surface area contributed by atoms with Crippen LogP contribution in [0.5, 0.6) is 0 Å². The zero-order valence-electron chi connectivity index (χ0n) is 28.1. The number of aromatic nitrogens is 3. The Bertz CT molecular complexity index is 1880. The van der Waals surface area contributed by atoms with Gasteiger partial charge in [-0.3, -0.25) is 9.78 Å². The second kappa shape index (κ2) is 14.1. The highest BCUT2D eigenvalue weighted by atomic mass is 32.2. The first kappa shape index (κ1) is 35.1. The molecular formula is C37H43F2N5O3S. The SMILES string of the molecule is CC1(C)CC[C@@H](CCC(Nc2cccc(S(=O)(=O)NC(=O)c3cc(Cc4ccccc4)c(F)nc3F)n2)c2cc(C(C)(C)C)ccn2)C1. The van der Waals surface area contributed by atoms with Crippen LogP contribution >= 0.6 is 0 Å². The van der Waals surface area contributed by atoms with E-state index in [1.165, 1.54) is 25.0 Å². The highest BCUT2D eigenvalue weighted by molar-refractivity contribution is 7.90. The lowest BCUT2D eigenvalue weighted by atomic mass is 9.86. The third kappa shape index (κ3) is 8.80. The van der Waals surface area contributed by atoms with Gasteiger partial charge in [0, 0.05) is 18.2 Å². The molecule has 1 aromatic carbocycles. The van der Waals surface area contributed by atoms with Gasteiger partial charge < -0.3 is 5.32 Å². The van der Waals surface area contributed by atoms with E-state index in [1.807, 2.05) is 10.8 Å². The van der Waals surface area contributed by atoms with E-state index in [0.29, 0.717) is 16.9 Å². The largest absolute Gasteiger partial charge is 0.362 e. The quantitative estimate of drug-likeness (QED) is 0.155. The summed E-state index contributed by atoms with van der Waals surface area (Å²) in [4.78, 5) is 25.3. The molecule has 5 rings (SSSR count). The van der Waals surface area contributed by atoms with Gasteiger partial charge in [0.05, 0.1) is 17.3 Å². The van der Waals surface area contributed by atoms with Gasteiger partial charge in [0.2, 0.25) is 11.9 Å². The second-order valence-electron chi connectivity index (χ2n) is 14.5. The number of rotatable bonds is 11. The number of benzene rings is 1. The molecule has 1 unspecified atom stereocenters. The molecule has 48 heavy (non-hydrogen) atoms. The molecule has 0 saturated heterocycles. The van der Waals surface area contributed by atoms with Crippen molar-refractivity contribution in [1.29, 1.82) is 0 Å². The molecule has 2 atom stereocenters. The molecule has 1 aliphatic carbocycles. The standard InChI is InChI=1S/C37H43F2N5O3S/c1-36(2,3)27-17-19-40-30(22-27)29(15-14-25-16-18-37(4,5)23-25)41-31-12-9-13-32(42-31)48(46,47)44-35(45)28-21-26(33(38)43-34(28)39)20-24-10-7-6-8-11-24/h6-13,17,19,21-22,25,29H,14-16,18,20,23H2,1-5H3,(H,41,42)(H,44,45)/t25-,29?/m1/s1. The minimum Gasteiger partial charge on any atom is -0.362 e.